The van der Waals surface area contributed by atoms with Crippen LogP contribution in [0.4, 0.5) is 17.3 Å². The molecule has 6 heteroatoms. The highest BCUT2D eigenvalue weighted by Gasteiger charge is 2.20. The van der Waals surface area contributed by atoms with Gasteiger partial charge in [-0.1, -0.05) is 0 Å². The predicted octanol–water partition coefficient (Wildman–Crippen LogP) is 1.46. The molecule has 0 saturated heterocycles. The Kier molecular flexibility index (Phi) is 3.10. The molecular formula is H3BF4N-. The first kappa shape index (κ1) is 9.22. The molecule has 0 fully saturated rings. The number of hydrogen-bond donors (Lipinski definition) is 1. The van der Waals surface area contributed by atoms with Crippen LogP contribution < -0.4 is 6.15 Å². The van der Waals surface area contributed by atoms with Crippen LogP contribution in [0.2, 0.25) is 0 Å². The zero-order valence-electron chi connectivity index (χ0n) is 2.80. The fourth-order valence-electron chi connectivity index (χ4n) is 0. The van der Waals surface area contributed by atoms with Crippen LogP contribution in [0, 0.1) is 0 Å². The summed E-state index contributed by atoms with van der Waals surface area (Å²) in [6, 6.07) is 0. The van der Waals surface area contributed by atoms with Gasteiger partial charge < -0.3 is 23.4 Å². The summed E-state index contributed by atoms with van der Waals surface area (Å²) >= 11 is 0. The highest BCUT2D eigenvalue weighted by atomic mass is 19.5. The summed E-state index contributed by atoms with van der Waals surface area (Å²) in [6.45, 7) is 0. The third-order valence-electron chi connectivity index (χ3n) is 0. The molecule has 0 aromatic rings. The van der Waals surface area contributed by atoms with E-state index in [2.05, 4.69) is 0 Å². The lowest BCUT2D eigenvalue weighted by Crippen LogP contribution is -2.02. The van der Waals surface area contributed by atoms with Gasteiger partial charge in [0.1, 0.15) is 0 Å². The van der Waals surface area contributed by atoms with Gasteiger partial charge in [-0.3, -0.25) is 0 Å². The van der Waals surface area contributed by atoms with Crippen molar-refractivity contribution >= 4 is 7.25 Å². The topological polar surface area (TPSA) is 35.0 Å². The molecule has 0 aliphatic heterocycles. The van der Waals surface area contributed by atoms with Gasteiger partial charge in [-0.25, -0.2) is 0 Å². The second-order valence-electron chi connectivity index (χ2n) is 0.495. The van der Waals surface area contributed by atoms with Crippen molar-refractivity contribution in [1.82, 2.24) is 6.15 Å². The smallest absolute Gasteiger partial charge is 0.418 e. The minimum absolute atomic E-state index is 0. The first-order valence-corrected chi connectivity index (χ1v) is 0.873. The lowest BCUT2D eigenvalue weighted by molar-refractivity contribution is 0.368. The van der Waals surface area contributed by atoms with Crippen LogP contribution in [0.3, 0.4) is 0 Å². The van der Waals surface area contributed by atoms with Gasteiger partial charge in [0.2, 0.25) is 0 Å². The fraction of sp³-hybridized carbons (Fsp3) is 0. The molecule has 0 aromatic heterocycles. The van der Waals surface area contributed by atoms with Crippen LogP contribution in [0.25, 0.3) is 0 Å². The fourth-order valence-corrected chi connectivity index (χ4v) is 0. The van der Waals surface area contributed by atoms with E-state index in [9.17, 15) is 17.3 Å². The van der Waals surface area contributed by atoms with Gasteiger partial charge in [0.05, 0.1) is 0 Å². The van der Waals surface area contributed by atoms with Crippen molar-refractivity contribution in [3.63, 3.8) is 0 Å². The van der Waals surface area contributed by atoms with E-state index in [1.807, 2.05) is 0 Å². The molecule has 0 bridgehead atoms. The average molecular weight is 104 g/mol. The van der Waals surface area contributed by atoms with E-state index >= 15 is 0 Å². The van der Waals surface area contributed by atoms with Crippen molar-refractivity contribution in [1.29, 1.82) is 0 Å². The van der Waals surface area contributed by atoms with Gasteiger partial charge in [0.15, 0.2) is 0 Å². The molecule has 0 aliphatic carbocycles. The number of rotatable bonds is 0. The predicted molar refractivity (Wildman–Crippen MR) is 15.2 cm³/mol. The molecule has 0 atom stereocenters. The molecule has 40 valence electrons. The Labute approximate surface area is 32.0 Å². The van der Waals surface area contributed by atoms with Crippen molar-refractivity contribution in [2.45, 2.75) is 0 Å². The zero-order chi connectivity index (χ0) is 4.50. The van der Waals surface area contributed by atoms with Gasteiger partial charge in [-0.2, -0.15) is 0 Å². The maximum atomic E-state index is 9.75. The molecule has 0 aromatic carbocycles. The minimum atomic E-state index is -6.00. The number of hydrogen-bond acceptors (Lipinski definition) is 1. The van der Waals surface area contributed by atoms with Crippen LogP contribution >= 0.6 is 0 Å². The number of halogens is 4. The molecular weight excluding hydrogens is 101 g/mol. The normalized spacial score (nSPS) is 10.0. The molecule has 0 spiro atoms. The molecule has 0 rings (SSSR count). The highest BCUT2D eigenvalue weighted by molar-refractivity contribution is 6.50. The van der Waals surface area contributed by atoms with Crippen LogP contribution in [0.1, 0.15) is 0 Å². The van der Waals surface area contributed by atoms with Crippen molar-refractivity contribution in [3.05, 3.63) is 0 Å². The lowest BCUT2D eigenvalue weighted by Gasteiger charge is -1.94. The van der Waals surface area contributed by atoms with Gasteiger partial charge in [-0.05, 0) is 0 Å². The van der Waals surface area contributed by atoms with Gasteiger partial charge >= 0.3 is 7.25 Å². The summed E-state index contributed by atoms with van der Waals surface area (Å²) in [5.74, 6) is 0. The molecule has 0 unspecified atom stereocenters. The van der Waals surface area contributed by atoms with E-state index in [0.29, 0.717) is 0 Å². The summed E-state index contributed by atoms with van der Waals surface area (Å²) in [5.41, 5.74) is 0. The van der Waals surface area contributed by atoms with E-state index < -0.39 is 7.25 Å². The molecule has 0 radical (unpaired) electrons. The second-order valence-corrected chi connectivity index (χ2v) is 0.495. The van der Waals surface area contributed by atoms with Gasteiger partial charge in [0, 0.05) is 0 Å². The first-order chi connectivity index (χ1) is 2.00. The van der Waals surface area contributed by atoms with Crippen LogP contribution in [-0.4, -0.2) is 7.25 Å². The molecule has 6 heavy (non-hydrogen) atoms. The van der Waals surface area contributed by atoms with Gasteiger partial charge in [-0.15, -0.1) is 0 Å². The Morgan fingerprint density at radius 2 is 0.833 bits per heavy atom. The maximum Gasteiger partial charge on any atom is 0.673 e. The van der Waals surface area contributed by atoms with Crippen molar-refractivity contribution in [2.24, 2.45) is 0 Å². The Morgan fingerprint density at radius 3 is 0.833 bits per heavy atom. The minimum Gasteiger partial charge on any atom is -0.418 e. The van der Waals surface area contributed by atoms with Crippen molar-refractivity contribution < 1.29 is 17.3 Å². The summed E-state index contributed by atoms with van der Waals surface area (Å²) < 4.78 is 39.0. The molecule has 0 heterocycles. The van der Waals surface area contributed by atoms with E-state index in [1.54, 1.807) is 0 Å². The quantitative estimate of drug-likeness (QED) is 0.366. The molecule has 0 saturated carbocycles. The monoisotopic (exact) mass is 104 g/mol. The van der Waals surface area contributed by atoms with E-state index in [-0.39, 0.29) is 6.15 Å². The Morgan fingerprint density at radius 1 is 0.833 bits per heavy atom. The second kappa shape index (κ2) is 2.02. The largest absolute Gasteiger partial charge is 0.673 e. The molecule has 1 nitrogen and oxygen atoms in total. The lowest BCUT2D eigenvalue weighted by atomic mass is 10.3. The van der Waals surface area contributed by atoms with Crippen LogP contribution in [0.5, 0.6) is 0 Å². The third-order valence-corrected chi connectivity index (χ3v) is 0. The highest BCUT2D eigenvalue weighted by Crippen LogP contribution is 2.06. The van der Waals surface area contributed by atoms with Gasteiger partial charge in [0.25, 0.3) is 0 Å². The maximum absolute atomic E-state index is 9.75. The Bertz CT molecular complexity index is 23.0. The van der Waals surface area contributed by atoms with Crippen molar-refractivity contribution in [3.8, 4) is 0 Å². The average Bonchev–Trinajstić information content (AvgIpc) is 0.722. The van der Waals surface area contributed by atoms with E-state index in [1.165, 1.54) is 0 Å². The third kappa shape index (κ3) is 434. The summed E-state index contributed by atoms with van der Waals surface area (Å²) in [7, 11) is -6.00. The van der Waals surface area contributed by atoms with Crippen LogP contribution in [0.15, 0.2) is 0 Å². The SMILES string of the molecule is F[B-](F)(F)F.N. The zero-order valence-corrected chi connectivity index (χ0v) is 2.80. The Hall–Kier alpha value is -0.255. The standard InChI is InChI=1S/BF4.H3N/c2-1(3,4)5;/h;1H3/q-1;. The first-order valence-electron chi connectivity index (χ1n) is 0.873. The Balaban J connectivity index is 0. The molecule has 3 N–H and O–H groups in total. The summed E-state index contributed by atoms with van der Waals surface area (Å²) in [5, 5.41) is 0. The van der Waals surface area contributed by atoms with E-state index in [4.69, 9.17) is 0 Å². The summed E-state index contributed by atoms with van der Waals surface area (Å²) in [4.78, 5) is 0. The molecule has 0 amide bonds. The molecule has 0 aliphatic rings. The van der Waals surface area contributed by atoms with E-state index in [0.717, 1.165) is 0 Å². The summed E-state index contributed by atoms with van der Waals surface area (Å²) in [6.07, 6.45) is 0. The van der Waals surface area contributed by atoms with Crippen molar-refractivity contribution in [2.75, 3.05) is 0 Å². The van der Waals surface area contributed by atoms with Crippen LogP contribution in [-0.2, 0) is 0 Å².